The highest BCUT2D eigenvalue weighted by atomic mass is 16.4. The first-order valence-electron chi connectivity index (χ1n) is 6.87. The number of nitrogens with zero attached hydrogens (tertiary/aromatic N) is 2. The van der Waals surface area contributed by atoms with Gasteiger partial charge < -0.3 is 4.65 Å². The van der Waals surface area contributed by atoms with Crippen molar-refractivity contribution < 1.29 is 4.65 Å². The van der Waals surface area contributed by atoms with E-state index < -0.39 is 0 Å². The summed E-state index contributed by atoms with van der Waals surface area (Å²) < 4.78 is 5.66. The summed E-state index contributed by atoms with van der Waals surface area (Å²) >= 11 is 0. The van der Waals surface area contributed by atoms with Crippen molar-refractivity contribution in [2.75, 3.05) is 0 Å². The molecule has 1 heterocycles. The second-order valence-corrected chi connectivity index (χ2v) is 4.68. The van der Waals surface area contributed by atoms with Gasteiger partial charge in [0.15, 0.2) is 0 Å². The molecule has 0 aliphatic rings. The van der Waals surface area contributed by atoms with Crippen LogP contribution in [0.1, 0.15) is 11.1 Å². The summed E-state index contributed by atoms with van der Waals surface area (Å²) in [7, 11) is 1.61. The molecule has 4 heteroatoms. The summed E-state index contributed by atoms with van der Waals surface area (Å²) in [6.45, 7) is 0. The van der Waals surface area contributed by atoms with Gasteiger partial charge in [-0.05, 0) is 29.8 Å². The lowest BCUT2D eigenvalue weighted by molar-refractivity contribution is 0.610. The van der Waals surface area contributed by atoms with Crippen LogP contribution in [0.15, 0.2) is 66.8 Å². The van der Waals surface area contributed by atoms with E-state index in [1.165, 1.54) is 0 Å². The van der Waals surface area contributed by atoms with E-state index in [1.807, 2.05) is 54.6 Å². The predicted octanol–water partition coefficient (Wildman–Crippen LogP) is 3.78. The number of hydrogen-bond acceptors (Lipinski definition) is 3. The molecular weight excluding hydrogens is 271 g/mol. The molecule has 0 aliphatic carbocycles. The summed E-state index contributed by atoms with van der Waals surface area (Å²) in [6, 6.07) is 19.2. The van der Waals surface area contributed by atoms with E-state index in [9.17, 15) is 0 Å². The van der Waals surface area contributed by atoms with Crippen molar-refractivity contribution in [3.8, 4) is 11.8 Å². The number of hydrogen-bond donors (Lipinski definition) is 0. The number of nitriles is 1. The zero-order chi connectivity index (χ0) is 15.2. The van der Waals surface area contributed by atoms with E-state index in [0.29, 0.717) is 11.3 Å². The van der Waals surface area contributed by atoms with Crippen molar-refractivity contribution in [3.63, 3.8) is 0 Å². The Bertz CT molecular complexity index is 863. The number of aromatic nitrogens is 1. The molecule has 0 amide bonds. The Balaban J connectivity index is 1.70. The second-order valence-electron chi connectivity index (χ2n) is 4.68. The molecule has 1 radical (unpaired) electrons. The zero-order valence-electron chi connectivity index (χ0n) is 11.8. The molecule has 0 aliphatic heterocycles. The summed E-state index contributed by atoms with van der Waals surface area (Å²) in [5, 5.41) is 9.91. The summed E-state index contributed by atoms with van der Waals surface area (Å²) in [5.41, 5.74) is 2.43. The van der Waals surface area contributed by atoms with E-state index >= 15 is 0 Å². The predicted molar refractivity (Wildman–Crippen MR) is 88.3 cm³/mol. The van der Waals surface area contributed by atoms with Crippen LogP contribution in [-0.2, 0) is 0 Å². The quantitative estimate of drug-likeness (QED) is 0.684. The van der Waals surface area contributed by atoms with E-state index in [4.69, 9.17) is 9.92 Å². The Morgan fingerprint density at radius 3 is 2.86 bits per heavy atom. The fourth-order valence-electron chi connectivity index (χ4n) is 2.15. The molecule has 0 unspecified atom stereocenters. The van der Waals surface area contributed by atoms with Crippen molar-refractivity contribution in [2.24, 2.45) is 0 Å². The SMILES string of the molecule is N#Cc1cccc(/C=C/[B]Oc2cccc3cccnc23)c1. The number of pyridine rings is 1. The van der Waals surface area contributed by atoms with E-state index in [1.54, 1.807) is 25.7 Å². The molecule has 2 aromatic carbocycles. The molecule has 0 bridgehead atoms. The van der Waals surface area contributed by atoms with Crippen molar-refractivity contribution in [2.45, 2.75) is 0 Å². The first-order valence-corrected chi connectivity index (χ1v) is 6.87. The third-order valence-electron chi connectivity index (χ3n) is 3.17. The molecule has 3 aromatic rings. The van der Waals surface area contributed by atoms with Gasteiger partial charge in [0.2, 0.25) is 0 Å². The van der Waals surface area contributed by atoms with Gasteiger partial charge in [-0.2, -0.15) is 5.26 Å². The Morgan fingerprint density at radius 2 is 1.95 bits per heavy atom. The van der Waals surface area contributed by atoms with E-state index in [-0.39, 0.29) is 0 Å². The lowest BCUT2D eigenvalue weighted by Gasteiger charge is -2.05. The topological polar surface area (TPSA) is 45.9 Å². The molecule has 0 saturated heterocycles. The van der Waals surface area contributed by atoms with Crippen LogP contribution in [0.3, 0.4) is 0 Å². The molecule has 103 valence electrons. The van der Waals surface area contributed by atoms with Gasteiger partial charge in [0, 0.05) is 11.6 Å². The molecule has 0 atom stereocenters. The second kappa shape index (κ2) is 6.60. The Kier molecular flexibility index (Phi) is 4.17. The third kappa shape index (κ3) is 3.16. The molecule has 0 saturated carbocycles. The van der Waals surface area contributed by atoms with Gasteiger partial charge in [-0.25, -0.2) is 0 Å². The van der Waals surface area contributed by atoms with Gasteiger partial charge in [-0.1, -0.05) is 42.4 Å². The maximum Gasteiger partial charge on any atom is 0.401 e. The molecule has 3 rings (SSSR count). The lowest BCUT2D eigenvalue weighted by atomic mass is 9.98. The molecule has 1 aromatic heterocycles. The first-order chi connectivity index (χ1) is 10.9. The van der Waals surface area contributed by atoms with Crippen molar-refractivity contribution in [1.29, 1.82) is 5.26 Å². The van der Waals surface area contributed by atoms with Crippen LogP contribution in [0.4, 0.5) is 0 Å². The maximum absolute atomic E-state index is 8.87. The number of rotatable bonds is 4. The van der Waals surface area contributed by atoms with Crippen LogP contribution in [0.5, 0.6) is 5.75 Å². The standard InChI is InChI=1S/C18H12BN2O/c20-13-15-5-1-4-14(12-15)9-10-19-22-17-8-2-6-16-7-3-11-21-18(16)17/h1-12H/b10-9+. The molecule has 0 fully saturated rings. The highest BCUT2D eigenvalue weighted by Gasteiger charge is 2.02. The van der Waals surface area contributed by atoms with Gasteiger partial charge >= 0.3 is 7.48 Å². The summed E-state index contributed by atoms with van der Waals surface area (Å²) in [4.78, 5) is 4.34. The maximum atomic E-state index is 8.87. The lowest BCUT2D eigenvalue weighted by Crippen LogP contribution is -1.99. The summed E-state index contributed by atoms with van der Waals surface area (Å²) in [5.74, 6) is 2.52. The minimum Gasteiger partial charge on any atom is -0.557 e. The van der Waals surface area contributed by atoms with Crippen LogP contribution < -0.4 is 4.65 Å². The fraction of sp³-hybridized carbons (Fsp3) is 0. The van der Waals surface area contributed by atoms with Crippen molar-refractivity contribution in [3.05, 3.63) is 77.9 Å². The Morgan fingerprint density at radius 1 is 1.09 bits per heavy atom. The smallest absolute Gasteiger partial charge is 0.401 e. The van der Waals surface area contributed by atoms with E-state index in [2.05, 4.69) is 11.1 Å². The number of para-hydroxylation sites is 1. The number of benzene rings is 2. The van der Waals surface area contributed by atoms with Crippen molar-refractivity contribution >= 4 is 24.5 Å². The molecule has 0 N–H and O–H groups in total. The monoisotopic (exact) mass is 283 g/mol. The van der Waals surface area contributed by atoms with Crippen LogP contribution in [0, 0.1) is 11.3 Å². The zero-order valence-corrected chi connectivity index (χ0v) is 11.8. The normalized spacial score (nSPS) is 10.5. The van der Waals surface area contributed by atoms with Crippen LogP contribution >= 0.6 is 0 Å². The van der Waals surface area contributed by atoms with Crippen LogP contribution in [-0.4, -0.2) is 12.5 Å². The van der Waals surface area contributed by atoms with Gasteiger partial charge in [-0.15, -0.1) is 0 Å². The van der Waals surface area contributed by atoms with Gasteiger partial charge in [0.25, 0.3) is 0 Å². The Labute approximate surface area is 129 Å². The van der Waals surface area contributed by atoms with Gasteiger partial charge in [0.05, 0.1) is 11.6 Å². The van der Waals surface area contributed by atoms with Gasteiger partial charge in [0.1, 0.15) is 11.3 Å². The fourth-order valence-corrected chi connectivity index (χ4v) is 2.15. The number of fused-ring (bicyclic) bond motifs is 1. The Hall–Kier alpha value is -3.06. The van der Waals surface area contributed by atoms with Crippen LogP contribution in [0.25, 0.3) is 17.0 Å². The van der Waals surface area contributed by atoms with Crippen molar-refractivity contribution in [1.82, 2.24) is 4.98 Å². The van der Waals surface area contributed by atoms with Crippen LogP contribution in [0.2, 0.25) is 0 Å². The summed E-state index contributed by atoms with van der Waals surface area (Å²) in [6.07, 6.45) is 3.64. The first kappa shape index (κ1) is 13.9. The highest BCUT2D eigenvalue weighted by molar-refractivity contribution is 6.37. The van der Waals surface area contributed by atoms with Gasteiger partial charge in [-0.3, -0.25) is 4.98 Å². The molecule has 3 nitrogen and oxygen atoms in total. The van der Waals surface area contributed by atoms with E-state index in [0.717, 1.165) is 16.5 Å². The highest BCUT2D eigenvalue weighted by Crippen LogP contribution is 2.22. The average molecular weight is 283 g/mol. The average Bonchev–Trinajstić information content (AvgIpc) is 2.59. The molecule has 22 heavy (non-hydrogen) atoms. The minimum absolute atomic E-state index is 0.640. The third-order valence-corrected chi connectivity index (χ3v) is 3.17. The molecule has 0 spiro atoms. The largest absolute Gasteiger partial charge is 0.557 e. The minimum atomic E-state index is 0.640. The molecular formula is C18H12BN2O.